The van der Waals surface area contributed by atoms with Crippen LogP contribution in [0.2, 0.25) is 0 Å². The van der Waals surface area contributed by atoms with Crippen LogP contribution >= 0.6 is 0 Å². The van der Waals surface area contributed by atoms with Crippen LogP contribution in [0.3, 0.4) is 0 Å². The normalized spacial score (nSPS) is 10.9. The lowest BCUT2D eigenvalue weighted by atomic mass is 10.1. The highest BCUT2D eigenvalue weighted by Crippen LogP contribution is 2.25. The monoisotopic (exact) mass is 346 g/mol. The Morgan fingerprint density at radius 2 is 1.81 bits per heavy atom. The summed E-state index contributed by atoms with van der Waals surface area (Å²) in [5, 5.41) is 25.8. The van der Waals surface area contributed by atoms with Crippen molar-refractivity contribution >= 4 is 22.9 Å². The van der Waals surface area contributed by atoms with Gasteiger partial charge in [-0.1, -0.05) is 42.5 Å². The summed E-state index contributed by atoms with van der Waals surface area (Å²) in [6.45, 7) is 3.65. The maximum Gasteiger partial charge on any atom is 0.275 e. The number of nitrogens with one attached hydrogen (secondary N) is 1. The molecule has 0 bridgehead atoms. The quantitative estimate of drug-likeness (QED) is 0.374. The maximum absolute atomic E-state index is 12.3. The number of phenols is 2. The second kappa shape index (κ2) is 7.53. The molecule has 0 aliphatic rings. The van der Waals surface area contributed by atoms with Gasteiger partial charge >= 0.3 is 0 Å². The Bertz CT molecular complexity index is 1010. The van der Waals surface area contributed by atoms with Crippen molar-refractivity contribution in [2.45, 2.75) is 6.42 Å². The standard InChI is InChI=1S/C21H18N2O3/c1-2-6-14-9-5-10-17(20(14)25)13-22-23-21(26)18-11-15-7-3-4-8-16(15)12-19(18)24/h2-5,7-13,24-25H,1,6H2,(H,23,26)/b22-13-. The highest BCUT2D eigenvalue weighted by molar-refractivity contribution is 6.01. The van der Waals surface area contributed by atoms with Crippen molar-refractivity contribution in [1.82, 2.24) is 5.43 Å². The number of aromatic hydroxyl groups is 2. The SMILES string of the molecule is C=CCc1cccc(/C=N\NC(=O)c2cc3ccccc3cc2O)c1O. The number of fused-ring (bicyclic) bond motifs is 1. The van der Waals surface area contributed by atoms with Crippen molar-refractivity contribution in [1.29, 1.82) is 0 Å². The zero-order chi connectivity index (χ0) is 18.5. The molecule has 26 heavy (non-hydrogen) atoms. The van der Waals surface area contributed by atoms with Gasteiger partial charge in [0.2, 0.25) is 0 Å². The summed E-state index contributed by atoms with van der Waals surface area (Å²) in [5.41, 5.74) is 3.70. The van der Waals surface area contributed by atoms with E-state index >= 15 is 0 Å². The van der Waals surface area contributed by atoms with Crippen LogP contribution in [0, 0.1) is 0 Å². The first-order chi connectivity index (χ1) is 12.6. The molecule has 0 aliphatic carbocycles. The van der Waals surface area contributed by atoms with E-state index < -0.39 is 5.91 Å². The number of para-hydroxylation sites is 1. The second-order valence-electron chi connectivity index (χ2n) is 5.76. The third-order valence-corrected chi connectivity index (χ3v) is 3.99. The Morgan fingerprint density at radius 3 is 2.54 bits per heavy atom. The largest absolute Gasteiger partial charge is 0.507 e. The molecule has 0 atom stereocenters. The van der Waals surface area contributed by atoms with E-state index in [2.05, 4.69) is 17.1 Å². The van der Waals surface area contributed by atoms with E-state index in [0.717, 1.165) is 16.3 Å². The molecule has 0 fully saturated rings. The lowest BCUT2D eigenvalue weighted by Gasteiger charge is -2.06. The Kier molecular flexibility index (Phi) is 4.99. The average molecular weight is 346 g/mol. The van der Waals surface area contributed by atoms with Gasteiger partial charge in [0.1, 0.15) is 11.5 Å². The third kappa shape index (κ3) is 3.57. The van der Waals surface area contributed by atoms with Gasteiger partial charge in [-0.2, -0.15) is 5.10 Å². The van der Waals surface area contributed by atoms with E-state index in [1.165, 1.54) is 6.21 Å². The molecule has 0 radical (unpaired) electrons. The minimum Gasteiger partial charge on any atom is -0.507 e. The van der Waals surface area contributed by atoms with Crippen molar-refractivity contribution in [3.63, 3.8) is 0 Å². The van der Waals surface area contributed by atoms with E-state index in [0.29, 0.717) is 12.0 Å². The van der Waals surface area contributed by atoms with Gasteiger partial charge < -0.3 is 10.2 Å². The summed E-state index contributed by atoms with van der Waals surface area (Å²) in [6, 6.07) is 15.8. The summed E-state index contributed by atoms with van der Waals surface area (Å²) in [4.78, 5) is 12.3. The first-order valence-electron chi connectivity index (χ1n) is 8.07. The Balaban J connectivity index is 1.79. The minimum atomic E-state index is -0.536. The molecule has 3 rings (SSSR count). The van der Waals surface area contributed by atoms with Gasteiger partial charge in [0.25, 0.3) is 5.91 Å². The molecule has 0 spiro atoms. The molecule has 130 valence electrons. The molecular formula is C21H18N2O3. The molecule has 3 aromatic carbocycles. The van der Waals surface area contributed by atoms with Crippen LogP contribution < -0.4 is 5.43 Å². The molecule has 3 N–H and O–H groups in total. The summed E-state index contributed by atoms with van der Waals surface area (Å²) < 4.78 is 0. The number of phenolic OH excluding ortho intramolecular Hbond substituents is 2. The van der Waals surface area contributed by atoms with E-state index in [1.54, 1.807) is 36.4 Å². The number of carbonyl (C=O) groups is 1. The van der Waals surface area contributed by atoms with Gasteiger partial charge in [-0.3, -0.25) is 4.79 Å². The lowest BCUT2D eigenvalue weighted by Crippen LogP contribution is -2.17. The first-order valence-corrected chi connectivity index (χ1v) is 8.07. The summed E-state index contributed by atoms with van der Waals surface area (Å²) in [6.07, 6.45) is 3.59. The Morgan fingerprint density at radius 1 is 1.08 bits per heavy atom. The second-order valence-corrected chi connectivity index (χ2v) is 5.76. The highest BCUT2D eigenvalue weighted by atomic mass is 16.3. The predicted octanol–water partition coefficient (Wildman–Crippen LogP) is 3.74. The third-order valence-electron chi connectivity index (χ3n) is 3.99. The first kappa shape index (κ1) is 17.2. The van der Waals surface area contributed by atoms with Crippen LogP contribution in [0.15, 0.2) is 72.4 Å². The molecule has 5 nitrogen and oxygen atoms in total. The van der Waals surface area contributed by atoms with Crippen molar-refractivity contribution in [2.75, 3.05) is 0 Å². The number of nitrogens with zero attached hydrogens (tertiary/aromatic N) is 1. The van der Waals surface area contributed by atoms with Crippen LogP contribution in [0.5, 0.6) is 11.5 Å². The Labute approximate surface area is 150 Å². The van der Waals surface area contributed by atoms with Crippen LogP contribution in [0.25, 0.3) is 10.8 Å². The van der Waals surface area contributed by atoms with E-state index in [4.69, 9.17) is 0 Å². The topological polar surface area (TPSA) is 81.9 Å². The van der Waals surface area contributed by atoms with Gasteiger partial charge in [-0.05, 0) is 41.0 Å². The molecule has 5 heteroatoms. The fourth-order valence-electron chi connectivity index (χ4n) is 2.67. The predicted molar refractivity (Wildman–Crippen MR) is 103 cm³/mol. The van der Waals surface area contributed by atoms with E-state index in [9.17, 15) is 15.0 Å². The number of hydrogen-bond acceptors (Lipinski definition) is 4. The van der Waals surface area contributed by atoms with Crippen molar-refractivity contribution < 1.29 is 15.0 Å². The molecule has 0 saturated heterocycles. The molecule has 0 aromatic heterocycles. The Hall–Kier alpha value is -3.60. The van der Waals surface area contributed by atoms with E-state index in [1.807, 2.05) is 24.3 Å². The number of allylic oxidation sites excluding steroid dienone is 1. The van der Waals surface area contributed by atoms with Crippen molar-refractivity contribution in [3.8, 4) is 11.5 Å². The van der Waals surface area contributed by atoms with Crippen LogP contribution in [-0.2, 0) is 6.42 Å². The number of amides is 1. The summed E-state index contributed by atoms with van der Waals surface area (Å²) >= 11 is 0. The number of benzene rings is 3. The van der Waals surface area contributed by atoms with E-state index in [-0.39, 0.29) is 17.1 Å². The fraction of sp³-hybridized carbons (Fsp3) is 0.0476. The smallest absolute Gasteiger partial charge is 0.275 e. The average Bonchev–Trinajstić information content (AvgIpc) is 2.64. The van der Waals surface area contributed by atoms with Gasteiger partial charge in [0.15, 0.2) is 0 Å². The van der Waals surface area contributed by atoms with Crippen molar-refractivity contribution in [3.05, 3.63) is 83.9 Å². The summed E-state index contributed by atoms with van der Waals surface area (Å²) in [5.74, 6) is -0.558. The van der Waals surface area contributed by atoms with Gasteiger partial charge in [0, 0.05) is 5.56 Å². The lowest BCUT2D eigenvalue weighted by molar-refractivity contribution is 0.0952. The maximum atomic E-state index is 12.3. The number of hydrazone groups is 1. The summed E-state index contributed by atoms with van der Waals surface area (Å²) in [7, 11) is 0. The van der Waals surface area contributed by atoms with Crippen LogP contribution in [-0.4, -0.2) is 22.3 Å². The van der Waals surface area contributed by atoms with Gasteiger partial charge in [-0.15, -0.1) is 6.58 Å². The van der Waals surface area contributed by atoms with Crippen molar-refractivity contribution in [2.24, 2.45) is 5.10 Å². The highest BCUT2D eigenvalue weighted by Gasteiger charge is 2.12. The zero-order valence-electron chi connectivity index (χ0n) is 14.0. The molecule has 3 aromatic rings. The molecule has 0 heterocycles. The molecule has 0 unspecified atom stereocenters. The van der Waals surface area contributed by atoms with Crippen LogP contribution in [0.4, 0.5) is 0 Å². The molecular weight excluding hydrogens is 328 g/mol. The molecule has 0 aliphatic heterocycles. The number of hydrogen-bond donors (Lipinski definition) is 3. The molecule has 0 saturated carbocycles. The minimum absolute atomic E-state index is 0.0963. The van der Waals surface area contributed by atoms with Gasteiger partial charge in [0.05, 0.1) is 11.8 Å². The van der Waals surface area contributed by atoms with Gasteiger partial charge in [-0.25, -0.2) is 5.43 Å². The number of rotatable bonds is 5. The number of carbonyl (C=O) groups excluding carboxylic acids is 1. The van der Waals surface area contributed by atoms with Crippen LogP contribution in [0.1, 0.15) is 21.5 Å². The zero-order valence-corrected chi connectivity index (χ0v) is 14.0. The molecule has 1 amide bonds. The fourth-order valence-corrected chi connectivity index (χ4v) is 2.67.